The van der Waals surface area contributed by atoms with E-state index in [1.54, 1.807) is 0 Å². The van der Waals surface area contributed by atoms with Crippen LogP contribution in [0.1, 0.15) is 20.3 Å². The molecule has 2 unspecified atom stereocenters. The molecular formula is C12H17NO. The summed E-state index contributed by atoms with van der Waals surface area (Å²) in [5, 5.41) is 2.92. The lowest BCUT2D eigenvalue weighted by atomic mass is 9.79. The largest absolute Gasteiger partial charge is 0.356 e. The van der Waals surface area contributed by atoms with E-state index in [-0.39, 0.29) is 11.8 Å². The molecule has 2 nitrogen and oxygen atoms in total. The number of carbonyl (C=O) groups excluding carboxylic acids is 1. The highest BCUT2D eigenvalue weighted by molar-refractivity contribution is 5.82. The van der Waals surface area contributed by atoms with Crippen molar-refractivity contribution in [3.8, 4) is 0 Å². The quantitative estimate of drug-likeness (QED) is 0.673. The molecule has 0 aromatic heterocycles. The number of nitrogens with one attached hydrogen (secondary N) is 1. The predicted molar refractivity (Wildman–Crippen MR) is 56.7 cm³/mol. The van der Waals surface area contributed by atoms with Gasteiger partial charge in [-0.25, -0.2) is 0 Å². The molecule has 0 bridgehead atoms. The van der Waals surface area contributed by atoms with Gasteiger partial charge < -0.3 is 5.32 Å². The number of amides is 1. The van der Waals surface area contributed by atoms with Crippen LogP contribution in [0.4, 0.5) is 0 Å². The Hall–Kier alpha value is -1.05. The maximum atomic E-state index is 11.6. The Morgan fingerprint density at radius 3 is 3.00 bits per heavy atom. The molecule has 1 heterocycles. The molecule has 14 heavy (non-hydrogen) atoms. The molecule has 1 saturated heterocycles. The van der Waals surface area contributed by atoms with Gasteiger partial charge >= 0.3 is 0 Å². The Morgan fingerprint density at radius 2 is 2.29 bits per heavy atom. The summed E-state index contributed by atoms with van der Waals surface area (Å²) in [5.41, 5.74) is 1.29. The van der Waals surface area contributed by atoms with Crippen molar-refractivity contribution in [3.05, 3.63) is 23.8 Å². The van der Waals surface area contributed by atoms with Crippen LogP contribution in [0.3, 0.4) is 0 Å². The van der Waals surface area contributed by atoms with Gasteiger partial charge in [-0.3, -0.25) is 4.79 Å². The van der Waals surface area contributed by atoms with E-state index in [4.69, 9.17) is 0 Å². The van der Waals surface area contributed by atoms with Crippen LogP contribution in [-0.2, 0) is 4.79 Å². The third-order valence-electron chi connectivity index (χ3n) is 3.12. The van der Waals surface area contributed by atoms with Crippen LogP contribution in [0.2, 0.25) is 0 Å². The van der Waals surface area contributed by atoms with Gasteiger partial charge in [-0.05, 0) is 23.8 Å². The molecule has 1 amide bonds. The fourth-order valence-corrected chi connectivity index (χ4v) is 2.15. The zero-order valence-electron chi connectivity index (χ0n) is 8.79. The number of fused-ring (bicyclic) bond motifs is 1. The second-order valence-corrected chi connectivity index (χ2v) is 4.45. The van der Waals surface area contributed by atoms with Crippen molar-refractivity contribution in [2.75, 3.05) is 6.54 Å². The average molecular weight is 191 g/mol. The van der Waals surface area contributed by atoms with Gasteiger partial charge in [-0.2, -0.15) is 0 Å². The first kappa shape index (κ1) is 9.50. The summed E-state index contributed by atoms with van der Waals surface area (Å²) in [6, 6.07) is 0. The molecule has 2 heteroatoms. The van der Waals surface area contributed by atoms with E-state index in [0.717, 1.165) is 13.0 Å². The fourth-order valence-electron chi connectivity index (χ4n) is 2.15. The summed E-state index contributed by atoms with van der Waals surface area (Å²) in [5.74, 6) is 1.24. The summed E-state index contributed by atoms with van der Waals surface area (Å²) < 4.78 is 0. The van der Waals surface area contributed by atoms with Gasteiger partial charge in [0, 0.05) is 6.54 Å². The van der Waals surface area contributed by atoms with Crippen molar-refractivity contribution >= 4 is 5.91 Å². The third-order valence-corrected chi connectivity index (χ3v) is 3.12. The molecule has 0 radical (unpaired) electrons. The second-order valence-electron chi connectivity index (χ2n) is 4.45. The highest BCUT2D eigenvalue weighted by atomic mass is 16.1. The maximum absolute atomic E-state index is 11.6. The molecule has 1 aliphatic heterocycles. The third kappa shape index (κ3) is 1.61. The lowest BCUT2D eigenvalue weighted by molar-refractivity contribution is -0.126. The molecule has 1 aliphatic carbocycles. The van der Waals surface area contributed by atoms with E-state index in [9.17, 15) is 4.79 Å². The molecule has 0 aromatic carbocycles. The molecule has 76 valence electrons. The van der Waals surface area contributed by atoms with Gasteiger partial charge in [-0.1, -0.05) is 32.1 Å². The van der Waals surface area contributed by atoms with Crippen molar-refractivity contribution in [1.82, 2.24) is 5.32 Å². The van der Waals surface area contributed by atoms with Crippen molar-refractivity contribution in [2.45, 2.75) is 20.3 Å². The first-order chi connectivity index (χ1) is 6.68. The lowest BCUT2D eigenvalue weighted by Gasteiger charge is -2.30. The van der Waals surface area contributed by atoms with Gasteiger partial charge in [0.25, 0.3) is 0 Å². The highest BCUT2D eigenvalue weighted by Crippen LogP contribution is 2.30. The number of hydrogen-bond donors (Lipinski definition) is 1. The average Bonchev–Trinajstić information content (AvgIpc) is 2.18. The van der Waals surface area contributed by atoms with Crippen LogP contribution < -0.4 is 5.32 Å². The van der Waals surface area contributed by atoms with E-state index < -0.39 is 0 Å². The summed E-state index contributed by atoms with van der Waals surface area (Å²) in [6.45, 7) is 5.16. The summed E-state index contributed by atoms with van der Waals surface area (Å²) >= 11 is 0. The molecule has 0 saturated carbocycles. The first-order valence-electron chi connectivity index (χ1n) is 5.36. The van der Waals surface area contributed by atoms with Crippen LogP contribution in [0, 0.1) is 17.8 Å². The van der Waals surface area contributed by atoms with Crippen molar-refractivity contribution in [1.29, 1.82) is 0 Å². The molecule has 2 aliphatic rings. The standard InChI is InChI=1S/C12H17NO/c1-8(2)10-4-3-9-5-6-13-12(14)11(9)7-10/h3-4,7-9,11H,5-6H2,1-2H3,(H,13,14). The number of piperidine rings is 1. The molecule has 0 spiro atoms. The Kier molecular flexibility index (Phi) is 2.44. The van der Waals surface area contributed by atoms with Gasteiger partial charge in [0.2, 0.25) is 5.91 Å². The minimum absolute atomic E-state index is 0.0890. The molecule has 1 fully saturated rings. The summed E-state index contributed by atoms with van der Waals surface area (Å²) in [7, 11) is 0. The Morgan fingerprint density at radius 1 is 1.50 bits per heavy atom. The zero-order chi connectivity index (χ0) is 10.1. The molecule has 2 atom stereocenters. The minimum atomic E-state index is 0.0890. The van der Waals surface area contributed by atoms with Crippen LogP contribution in [0.5, 0.6) is 0 Å². The van der Waals surface area contributed by atoms with Crippen LogP contribution in [-0.4, -0.2) is 12.5 Å². The normalized spacial score (nSPS) is 31.1. The van der Waals surface area contributed by atoms with Crippen LogP contribution in [0.15, 0.2) is 23.8 Å². The minimum Gasteiger partial charge on any atom is -0.356 e. The van der Waals surface area contributed by atoms with Crippen molar-refractivity contribution in [2.24, 2.45) is 17.8 Å². The topological polar surface area (TPSA) is 29.1 Å². The van der Waals surface area contributed by atoms with E-state index in [1.807, 2.05) is 0 Å². The second kappa shape index (κ2) is 3.60. The van der Waals surface area contributed by atoms with Gasteiger partial charge in [0.1, 0.15) is 0 Å². The maximum Gasteiger partial charge on any atom is 0.227 e. The van der Waals surface area contributed by atoms with E-state index in [2.05, 4.69) is 37.4 Å². The van der Waals surface area contributed by atoms with Gasteiger partial charge in [-0.15, -0.1) is 0 Å². The molecule has 0 aromatic rings. The molecule has 2 rings (SSSR count). The van der Waals surface area contributed by atoms with E-state index in [0.29, 0.717) is 11.8 Å². The zero-order valence-corrected chi connectivity index (χ0v) is 8.79. The van der Waals surface area contributed by atoms with Crippen LogP contribution >= 0.6 is 0 Å². The summed E-state index contributed by atoms with van der Waals surface area (Å²) in [6.07, 6.45) is 7.61. The number of carbonyl (C=O) groups is 1. The van der Waals surface area contributed by atoms with E-state index >= 15 is 0 Å². The fraction of sp³-hybridized carbons (Fsp3) is 0.583. The highest BCUT2D eigenvalue weighted by Gasteiger charge is 2.30. The molecule has 1 N–H and O–H groups in total. The lowest BCUT2D eigenvalue weighted by Crippen LogP contribution is -2.41. The summed E-state index contributed by atoms with van der Waals surface area (Å²) in [4.78, 5) is 11.6. The van der Waals surface area contributed by atoms with Gasteiger partial charge in [0.15, 0.2) is 0 Å². The first-order valence-corrected chi connectivity index (χ1v) is 5.36. The predicted octanol–water partition coefficient (Wildman–Crippen LogP) is 1.89. The van der Waals surface area contributed by atoms with Crippen LogP contribution in [0.25, 0.3) is 0 Å². The monoisotopic (exact) mass is 191 g/mol. The number of allylic oxidation sites excluding steroid dienone is 3. The number of rotatable bonds is 1. The number of hydrogen-bond acceptors (Lipinski definition) is 1. The SMILES string of the molecule is CC(C)C1=CC2C(=O)NCCC2C=C1. The smallest absolute Gasteiger partial charge is 0.227 e. The molecular weight excluding hydrogens is 174 g/mol. The van der Waals surface area contributed by atoms with E-state index in [1.165, 1.54) is 5.57 Å². The van der Waals surface area contributed by atoms with Crippen molar-refractivity contribution < 1.29 is 4.79 Å². The van der Waals surface area contributed by atoms with Crippen molar-refractivity contribution in [3.63, 3.8) is 0 Å². The van der Waals surface area contributed by atoms with Gasteiger partial charge in [0.05, 0.1) is 5.92 Å². The Balaban J connectivity index is 2.21. The Labute approximate surface area is 85.1 Å². The Bertz CT molecular complexity index is 301.